The Labute approximate surface area is 83.3 Å². The normalized spacial score (nSPS) is 12.2. The van der Waals surface area contributed by atoms with Crippen molar-refractivity contribution in [2.24, 2.45) is 0 Å². The van der Waals surface area contributed by atoms with Gasteiger partial charge in [-0.1, -0.05) is 29.8 Å². The van der Waals surface area contributed by atoms with E-state index in [1.807, 2.05) is 0 Å². The molecule has 1 aromatic rings. The molecule has 0 aliphatic carbocycles. The summed E-state index contributed by atoms with van der Waals surface area (Å²) in [5.41, 5.74) is 0.580. The lowest BCUT2D eigenvalue weighted by atomic mass is 9.81. The molecule has 0 N–H and O–H groups in total. The zero-order valence-corrected chi connectivity index (χ0v) is 7.91. The van der Waals surface area contributed by atoms with Gasteiger partial charge < -0.3 is 4.74 Å². The van der Waals surface area contributed by atoms with Gasteiger partial charge >= 0.3 is 5.97 Å². The molecule has 13 heavy (non-hydrogen) atoms. The number of rotatable bonds is 2. The van der Waals surface area contributed by atoms with Gasteiger partial charge in [-0.2, -0.15) is 0 Å². The fourth-order valence-corrected chi connectivity index (χ4v) is 1.23. The van der Waals surface area contributed by atoms with Gasteiger partial charge in [0.2, 0.25) is 0 Å². The molecule has 66 valence electrons. The molecule has 0 amide bonds. The number of methoxy groups -OCH3 is 1. The number of esters is 1. The van der Waals surface area contributed by atoms with Crippen molar-refractivity contribution < 1.29 is 9.53 Å². The van der Waals surface area contributed by atoms with Crippen LogP contribution in [0.4, 0.5) is 0 Å². The molecule has 1 rings (SSSR count). The second kappa shape index (κ2) is 4.33. The first kappa shape index (κ1) is 10.1. The van der Waals surface area contributed by atoms with Crippen molar-refractivity contribution in [2.75, 3.05) is 7.11 Å². The number of carbonyl (C=O) groups is 1. The maximum atomic E-state index is 11.1. The van der Waals surface area contributed by atoms with Crippen LogP contribution in [0.15, 0.2) is 24.3 Å². The van der Waals surface area contributed by atoms with E-state index in [0.29, 0.717) is 10.6 Å². The van der Waals surface area contributed by atoms with E-state index in [0.717, 1.165) is 0 Å². The topological polar surface area (TPSA) is 26.3 Å². The smallest absolute Gasteiger partial charge is 0.304 e. The predicted octanol–water partition coefficient (Wildman–Crippen LogP) is 1.72. The summed E-state index contributed by atoms with van der Waals surface area (Å²) in [4.78, 5) is 11.1. The maximum absolute atomic E-state index is 11.1. The van der Waals surface area contributed by atoms with Crippen LogP contribution in [-0.2, 0) is 9.53 Å². The minimum absolute atomic E-state index is 0.473. The molecular weight excluding hydrogens is 186 g/mol. The molecule has 1 atom stereocenters. The van der Waals surface area contributed by atoms with Gasteiger partial charge in [-0.15, -0.1) is 0 Å². The standard InChI is InChI=1S/C9H8BClO2/c1-13-9(12)8(10)6-4-2-3-5-7(6)11/h2-5,8H,1H3. The Morgan fingerprint density at radius 2 is 2.15 bits per heavy atom. The molecule has 1 unspecified atom stereocenters. The van der Waals surface area contributed by atoms with Gasteiger partial charge in [0.25, 0.3) is 0 Å². The van der Waals surface area contributed by atoms with Crippen molar-refractivity contribution in [1.29, 1.82) is 0 Å². The molecule has 1 aromatic carbocycles. The Bertz CT molecular complexity index is 314. The van der Waals surface area contributed by atoms with Crippen molar-refractivity contribution in [3.63, 3.8) is 0 Å². The van der Waals surface area contributed by atoms with Crippen LogP contribution in [0.2, 0.25) is 5.02 Å². The van der Waals surface area contributed by atoms with Gasteiger partial charge in [-0.25, -0.2) is 0 Å². The molecule has 0 bridgehead atoms. The summed E-state index contributed by atoms with van der Waals surface area (Å²) in [6, 6.07) is 6.92. The minimum atomic E-state index is -0.807. The predicted molar refractivity (Wildman–Crippen MR) is 52.0 cm³/mol. The number of benzene rings is 1. The van der Waals surface area contributed by atoms with Crippen LogP contribution in [0.5, 0.6) is 0 Å². The third-order valence-electron chi connectivity index (χ3n) is 1.70. The van der Waals surface area contributed by atoms with Crippen LogP contribution in [0.3, 0.4) is 0 Å². The summed E-state index contributed by atoms with van der Waals surface area (Å²) in [6.07, 6.45) is 0. The summed E-state index contributed by atoms with van der Waals surface area (Å²) in [7, 11) is 6.88. The Kier molecular flexibility index (Phi) is 3.37. The largest absolute Gasteiger partial charge is 0.469 e. The summed E-state index contributed by atoms with van der Waals surface area (Å²) in [5.74, 6) is -1.30. The number of hydrogen-bond acceptors (Lipinski definition) is 2. The van der Waals surface area contributed by atoms with Crippen LogP contribution >= 0.6 is 11.6 Å². The van der Waals surface area contributed by atoms with Crippen LogP contribution in [0.25, 0.3) is 0 Å². The monoisotopic (exact) mass is 194 g/mol. The summed E-state index contributed by atoms with van der Waals surface area (Å²) in [6.45, 7) is 0. The van der Waals surface area contributed by atoms with Gasteiger partial charge in [0.15, 0.2) is 0 Å². The van der Waals surface area contributed by atoms with Gasteiger partial charge in [0, 0.05) is 10.8 Å². The molecule has 0 saturated carbocycles. The molecule has 2 radical (unpaired) electrons. The van der Waals surface area contributed by atoms with Crippen molar-refractivity contribution in [3.05, 3.63) is 34.9 Å². The van der Waals surface area contributed by atoms with E-state index >= 15 is 0 Å². The molecule has 0 saturated heterocycles. The third kappa shape index (κ3) is 2.25. The lowest BCUT2D eigenvalue weighted by molar-refractivity contribution is -0.140. The molecule has 2 nitrogen and oxygen atoms in total. The molecular formula is C9H8BClO2. The SMILES string of the molecule is [B]C(C(=O)OC)c1ccccc1Cl. The van der Waals surface area contributed by atoms with E-state index in [4.69, 9.17) is 19.4 Å². The number of ether oxygens (including phenoxy) is 1. The lowest BCUT2D eigenvalue weighted by Gasteiger charge is -2.10. The van der Waals surface area contributed by atoms with Crippen molar-refractivity contribution in [2.45, 2.75) is 5.82 Å². The van der Waals surface area contributed by atoms with E-state index < -0.39 is 11.8 Å². The summed E-state index contributed by atoms with van der Waals surface area (Å²) in [5, 5.41) is 0.473. The Balaban J connectivity index is 2.95. The first-order valence-electron chi connectivity index (χ1n) is 3.74. The quantitative estimate of drug-likeness (QED) is 0.529. The van der Waals surface area contributed by atoms with E-state index in [2.05, 4.69) is 4.74 Å². The van der Waals surface area contributed by atoms with Gasteiger partial charge in [-0.3, -0.25) is 4.79 Å². The minimum Gasteiger partial charge on any atom is -0.469 e. The van der Waals surface area contributed by atoms with Gasteiger partial charge in [-0.05, 0) is 11.6 Å². The highest BCUT2D eigenvalue weighted by Gasteiger charge is 2.16. The van der Waals surface area contributed by atoms with Crippen molar-refractivity contribution in [1.82, 2.24) is 0 Å². The Morgan fingerprint density at radius 3 is 2.69 bits per heavy atom. The van der Waals surface area contributed by atoms with Crippen LogP contribution in [0.1, 0.15) is 11.4 Å². The molecule has 0 aliphatic heterocycles. The first-order chi connectivity index (χ1) is 6.16. The summed E-state index contributed by atoms with van der Waals surface area (Å²) >= 11 is 5.83. The zero-order chi connectivity index (χ0) is 9.84. The average Bonchev–Trinajstić information content (AvgIpc) is 2.16. The zero-order valence-electron chi connectivity index (χ0n) is 7.16. The number of halogens is 1. The van der Waals surface area contributed by atoms with Crippen LogP contribution in [-0.4, -0.2) is 20.9 Å². The van der Waals surface area contributed by atoms with E-state index in [1.54, 1.807) is 24.3 Å². The maximum Gasteiger partial charge on any atom is 0.304 e. The summed E-state index contributed by atoms with van der Waals surface area (Å²) < 4.78 is 4.50. The van der Waals surface area contributed by atoms with Gasteiger partial charge in [0.1, 0.15) is 0 Å². The van der Waals surface area contributed by atoms with Crippen LogP contribution in [0, 0.1) is 0 Å². The first-order valence-corrected chi connectivity index (χ1v) is 4.12. The fourth-order valence-electron chi connectivity index (χ4n) is 0.981. The second-order valence-corrected chi connectivity index (χ2v) is 2.93. The highest BCUT2D eigenvalue weighted by molar-refractivity contribution is 6.33. The molecule has 0 aromatic heterocycles. The highest BCUT2D eigenvalue weighted by Crippen LogP contribution is 2.22. The molecule has 4 heteroatoms. The third-order valence-corrected chi connectivity index (χ3v) is 2.04. The second-order valence-electron chi connectivity index (χ2n) is 2.52. The fraction of sp³-hybridized carbons (Fsp3) is 0.222. The Hall–Kier alpha value is -0.955. The van der Waals surface area contributed by atoms with Crippen molar-refractivity contribution in [3.8, 4) is 0 Å². The number of carbonyl (C=O) groups excluding carboxylic acids is 1. The highest BCUT2D eigenvalue weighted by atomic mass is 35.5. The molecule has 0 fully saturated rings. The molecule has 0 heterocycles. The van der Waals surface area contributed by atoms with Gasteiger partial charge in [0.05, 0.1) is 15.0 Å². The van der Waals surface area contributed by atoms with Crippen molar-refractivity contribution >= 4 is 25.4 Å². The van der Waals surface area contributed by atoms with Crippen LogP contribution < -0.4 is 0 Å². The van der Waals surface area contributed by atoms with E-state index in [1.165, 1.54) is 7.11 Å². The molecule has 0 aliphatic rings. The Morgan fingerprint density at radius 1 is 1.54 bits per heavy atom. The molecule has 0 spiro atoms. The lowest BCUT2D eigenvalue weighted by Crippen LogP contribution is -2.14. The van der Waals surface area contributed by atoms with E-state index in [-0.39, 0.29) is 0 Å². The average molecular weight is 194 g/mol. The van der Waals surface area contributed by atoms with E-state index in [9.17, 15) is 4.79 Å². The number of hydrogen-bond donors (Lipinski definition) is 0.